The second kappa shape index (κ2) is 11.5. The van der Waals surface area contributed by atoms with Crippen LogP contribution in [-0.4, -0.2) is 66.7 Å². The molecule has 7 heteroatoms. The number of nitrogens with one attached hydrogen (secondary N) is 2. The minimum absolute atomic E-state index is 0.156. The van der Waals surface area contributed by atoms with E-state index >= 15 is 0 Å². The second-order valence-corrected chi connectivity index (χ2v) is 7.17. The lowest BCUT2D eigenvalue weighted by atomic mass is 10.2. The lowest BCUT2D eigenvalue weighted by Gasteiger charge is -2.26. The summed E-state index contributed by atoms with van der Waals surface area (Å²) in [6.45, 7) is 7.94. The van der Waals surface area contributed by atoms with Crippen molar-refractivity contribution in [2.24, 2.45) is 0 Å². The number of aromatic nitrogens is 2. The Balaban J connectivity index is 1.69. The van der Waals surface area contributed by atoms with Gasteiger partial charge >= 0.3 is 0 Å². The lowest BCUT2D eigenvalue weighted by Crippen LogP contribution is -2.39. The minimum Gasteiger partial charge on any atom is -0.379 e. The van der Waals surface area contributed by atoms with Gasteiger partial charge in [0, 0.05) is 44.4 Å². The molecular weight excluding hydrogens is 366 g/mol. The maximum absolute atomic E-state index is 12.6. The van der Waals surface area contributed by atoms with Crippen LogP contribution in [0.2, 0.25) is 0 Å². The number of hydrogen-bond donors (Lipinski definition) is 2. The maximum atomic E-state index is 12.6. The Morgan fingerprint density at radius 2 is 1.90 bits per heavy atom. The molecule has 3 rings (SSSR count). The van der Waals surface area contributed by atoms with Crippen molar-refractivity contribution < 1.29 is 9.53 Å². The smallest absolute Gasteiger partial charge is 0.270 e. The van der Waals surface area contributed by atoms with Gasteiger partial charge in [-0.1, -0.05) is 50.1 Å². The second-order valence-electron chi connectivity index (χ2n) is 7.17. The summed E-state index contributed by atoms with van der Waals surface area (Å²) in [6, 6.07) is 11.5. The van der Waals surface area contributed by atoms with Crippen LogP contribution < -0.4 is 10.6 Å². The molecule has 0 saturated carbocycles. The SMILES string of the molecule is CCCCCNC(=O)c1cc(NCCN2CCOCC2)nc(-c2ccccc2)n1. The summed E-state index contributed by atoms with van der Waals surface area (Å²) in [6.07, 6.45) is 3.20. The average molecular weight is 398 g/mol. The molecule has 2 aromatic rings. The summed E-state index contributed by atoms with van der Waals surface area (Å²) in [5.41, 5.74) is 1.29. The largest absolute Gasteiger partial charge is 0.379 e. The Labute approximate surface area is 172 Å². The van der Waals surface area contributed by atoms with Crippen molar-refractivity contribution in [3.05, 3.63) is 42.1 Å². The molecule has 1 amide bonds. The molecule has 1 aliphatic rings. The van der Waals surface area contributed by atoms with Crippen LogP contribution in [0.4, 0.5) is 5.82 Å². The number of carbonyl (C=O) groups excluding carboxylic acids is 1. The summed E-state index contributed by atoms with van der Waals surface area (Å²) in [7, 11) is 0. The van der Waals surface area contributed by atoms with E-state index in [-0.39, 0.29) is 5.91 Å². The monoisotopic (exact) mass is 397 g/mol. The molecule has 2 N–H and O–H groups in total. The number of nitrogens with zero attached hydrogens (tertiary/aromatic N) is 3. The molecule has 1 aromatic carbocycles. The fourth-order valence-corrected chi connectivity index (χ4v) is 3.20. The molecular formula is C22H31N5O2. The predicted molar refractivity (Wildman–Crippen MR) is 115 cm³/mol. The predicted octanol–water partition coefficient (Wildman–Crippen LogP) is 2.81. The van der Waals surface area contributed by atoms with E-state index in [0.717, 1.165) is 64.2 Å². The molecule has 0 aliphatic carbocycles. The number of amides is 1. The van der Waals surface area contributed by atoms with E-state index in [1.807, 2.05) is 30.3 Å². The van der Waals surface area contributed by atoms with Gasteiger partial charge in [0.2, 0.25) is 0 Å². The first kappa shape index (κ1) is 21.2. The number of carbonyl (C=O) groups is 1. The Morgan fingerprint density at radius 3 is 2.66 bits per heavy atom. The van der Waals surface area contributed by atoms with E-state index in [1.54, 1.807) is 6.07 Å². The van der Waals surface area contributed by atoms with E-state index in [9.17, 15) is 4.79 Å². The highest BCUT2D eigenvalue weighted by Crippen LogP contribution is 2.18. The first-order chi connectivity index (χ1) is 14.3. The van der Waals surface area contributed by atoms with Gasteiger partial charge in [0.05, 0.1) is 13.2 Å². The molecule has 2 heterocycles. The van der Waals surface area contributed by atoms with Gasteiger partial charge in [-0.2, -0.15) is 0 Å². The Morgan fingerprint density at radius 1 is 1.10 bits per heavy atom. The van der Waals surface area contributed by atoms with Crippen LogP contribution in [0, 0.1) is 0 Å². The zero-order chi connectivity index (χ0) is 20.3. The van der Waals surface area contributed by atoms with E-state index < -0.39 is 0 Å². The van der Waals surface area contributed by atoms with Crippen molar-refractivity contribution in [1.29, 1.82) is 0 Å². The maximum Gasteiger partial charge on any atom is 0.270 e. The molecule has 1 aromatic heterocycles. The number of unbranched alkanes of at least 4 members (excludes halogenated alkanes) is 2. The molecule has 0 bridgehead atoms. The molecule has 1 saturated heterocycles. The molecule has 0 atom stereocenters. The highest BCUT2D eigenvalue weighted by molar-refractivity contribution is 5.93. The van der Waals surface area contributed by atoms with Crippen molar-refractivity contribution in [2.45, 2.75) is 26.2 Å². The highest BCUT2D eigenvalue weighted by atomic mass is 16.5. The Kier molecular flexibility index (Phi) is 8.40. The normalized spacial score (nSPS) is 14.5. The molecule has 156 valence electrons. The summed E-state index contributed by atoms with van der Waals surface area (Å²) in [4.78, 5) is 24.1. The zero-order valence-corrected chi connectivity index (χ0v) is 17.2. The van der Waals surface area contributed by atoms with Crippen LogP contribution in [0.5, 0.6) is 0 Å². The lowest BCUT2D eigenvalue weighted by molar-refractivity contribution is 0.0398. The van der Waals surface area contributed by atoms with Gasteiger partial charge in [-0.05, 0) is 6.42 Å². The third-order valence-corrected chi connectivity index (χ3v) is 4.89. The number of anilines is 1. The molecule has 0 radical (unpaired) electrons. The van der Waals surface area contributed by atoms with Gasteiger partial charge < -0.3 is 15.4 Å². The fourth-order valence-electron chi connectivity index (χ4n) is 3.20. The van der Waals surface area contributed by atoms with Crippen molar-refractivity contribution >= 4 is 11.7 Å². The van der Waals surface area contributed by atoms with E-state index in [1.165, 1.54) is 0 Å². The summed E-state index contributed by atoms with van der Waals surface area (Å²) >= 11 is 0. The van der Waals surface area contributed by atoms with Gasteiger partial charge in [-0.15, -0.1) is 0 Å². The van der Waals surface area contributed by atoms with Crippen molar-refractivity contribution in [1.82, 2.24) is 20.2 Å². The van der Waals surface area contributed by atoms with E-state index in [2.05, 4.69) is 32.4 Å². The number of hydrogen-bond acceptors (Lipinski definition) is 6. The van der Waals surface area contributed by atoms with Crippen LogP contribution in [0.15, 0.2) is 36.4 Å². The van der Waals surface area contributed by atoms with Crippen LogP contribution in [0.1, 0.15) is 36.7 Å². The average Bonchev–Trinajstić information content (AvgIpc) is 2.78. The summed E-state index contributed by atoms with van der Waals surface area (Å²) in [5, 5.41) is 6.33. The number of ether oxygens (including phenoxy) is 1. The Hall–Kier alpha value is -2.51. The van der Waals surface area contributed by atoms with Crippen molar-refractivity contribution in [3.8, 4) is 11.4 Å². The van der Waals surface area contributed by atoms with Gasteiger partial charge in [-0.3, -0.25) is 9.69 Å². The van der Waals surface area contributed by atoms with E-state index in [4.69, 9.17) is 4.74 Å². The van der Waals surface area contributed by atoms with Crippen LogP contribution >= 0.6 is 0 Å². The van der Waals surface area contributed by atoms with Gasteiger partial charge in [0.15, 0.2) is 5.82 Å². The van der Waals surface area contributed by atoms with Crippen LogP contribution in [0.25, 0.3) is 11.4 Å². The standard InChI is InChI=1S/C22H31N5O2/c1-2-3-7-10-24-22(28)19-17-20(23-11-12-27-13-15-29-16-14-27)26-21(25-19)18-8-5-4-6-9-18/h4-6,8-9,17H,2-3,7,10-16H2,1H3,(H,24,28)(H,23,25,26). The van der Waals surface area contributed by atoms with Crippen molar-refractivity contribution in [3.63, 3.8) is 0 Å². The summed E-state index contributed by atoms with van der Waals surface area (Å²) < 4.78 is 5.39. The number of morpholine rings is 1. The third kappa shape index (κ3) is 6.80. The van der Waals surface area contributed by atoms with Gasteiger partial charge in [0.25, 0.3) is 5.91 Å². The molecule has 7 nitrogen and oxygen atoms in total. The van der Waals surface area contributed by atoms with Gasteiger partial charge in [0.1, 0.15) is 11.5 Å². The topological polar surface area (TPSA) is 79.4 Å². The summed E-state index contributed by atoms with van der Waals surface area (Å²) in [5.74, 6) is 1.07. The fraction of sp³-hybridized carbons (Fsp3) is 0.500. The molecule has 0 unspecified atom stereocenters. The van der Waals surface area contributed by atoms with E-state index in [0.29, 0.717) is 23.9 Å². The third-order valence-electron chi connectivity index (χ3n) is 4.89. The molecule has 0 spiro atoms. The van der Waals surface area contributed by atoms with Gasteiger partial charge in [-0.25, -0.2) is 9.97 Å². The number of rotatable bonds is 10. The van der Waals surface area contributed by atoms with Crippen molar-refractivity contribution in [2.75, 3.05) is 51.3 Å². The minimum atomic E-state index is -0.156. The first-order valence-electron chi connectivity index (χ1n) is 10.5. The Bertz CT molecular complexity index is 763. The molecule has 1 fully saturated rings. The van der Waals surface area contributed by atoms with Crippen LogP contribution in [-0.2, 0) is 4.74 Å². The molecule has 29 heavy (non-hydrogen) atoms. The quantitative estimate of drug-likeness (QED) is 0.600. The first-order valence-corrected chi connectivity index (χ1v) is 10.5. The number of benzene rings is 1. The molecule has 1 aliphatic heterocycles. The highest BCUT2D eigenvalue weighted by Gasteiger charge is 2.14. The van der Waals surface area contributed by atoms with Crippen LogP contribution in [0.3, 0.4) is 0 Å². The zero-order valence-electron chi connectivity index (χ0n) is 17.2.